The van der Waals surface area contributed by atoms with Crippen molar-refractivity contribution in [3.05, 3.63) is 105 Å². The standard InChI is InChI=1S/C27H29N3O4/c1-20-5-3-6-22(15-20)18-28-11-13-29(14-12-28)27(31)24-8-4-7-23(17-24)19-34-26-10-9-21(2)16-25(26)30(32)33/h3-10,15-17H,11-14,18-19H2,1-2H3. The molecule has 0 saturated carbocycles. The third kappa shape index (κ3) is 5.80. The molecule has 1 fully saturated rings. The van der Waals surface area contributed by atoms with Crippen LogP contribution in [0.4, 0.5) is 5.69 Å². The number of nitro groups is 1. The predicted octanol–water partition coefficient (Wildman–Crippen LogP) is 4.75. The molecule has 1 saturated heterocycles. The number of amides is 1. The Balaban J connectivity index is 1.35. The number of nitro benzene ring substituents is 1. The van der Waals surface area contributed by atoms with E-state index in [4.69, 9.17) is 4.74 Å². The molecule has 7 heteroatoms. The average molecular weight is 460 g/mol. The van der Waals surface area contributed by atoms with Crippen molar-refractivity contribution in [3.63, 3.8) is 0 Å². The fraction of sp³-hybridized carbons (Fsp3) is 0.296. The van der Waals surface area contributed by atoms with Crippen molar-refractivity contribution in [1.82, 2.24) is 9.80 Å². The first-order valence-electron chi connectivity index (χ1n) is 11.4. The van der Waals surface area contributed by atoms with Crippen LogP contribution in [0.15, 0.2) is 66.7 Å². The van der Waals surface area contributed by atoms with Crippen molar-refractivity contribution < 1.29 is 14.5 Å². The van der Waals surface area contributed by atoms with Gasteiger partial charge in [-0.25, -0.2) is 0 Å². The Hall–Kier alpha value is -3.71. The van der Waals surface area contributed by atoms with Crippen molar-refractivity contribution in [3.8, 4) is 5.75 Å². The van der Waals surface area contributed by atoms with Gasteiger partial charge in [0.25, 0.3) is 5.91 Å². The zero-order valence-corrected chi connectivity index (χ0v) is 19.6. The van der Waals surface area contributed by atoms with Gasteiger partial charge >= 0.3 is 5.69 Å². The van der Waals surface area contributed by atoms with Gasteiger partial charge in [-0.2, -0.15) is 0 Å². The van der Waals surface area contributed by atoms with Gasteiger partial charge in [0.2, 0.25) is 0 Å². The first kappa shape index (κ1) is 23.4. The molecular weight excluding hydrogens is 430 g/mol. The molecule has 7 nitrogen and oxygen atoms in total. The molecule has 0 unspecified atom stereocenters. The molecule has 0 aromatic heterocycles. The van der Waals surface area contributed by atoms with Gasteiger partial charge in [0.1, 0.15) is 6.61 Å². The summed E-state index contributed by atoms with van der Waals surface area (Å²) in [6, 6.07) is 20.7. The maximum atomic E-state index is 13.1. The summed E-state index contributed by atoms with van der Waals surface area (Å²) in [4.78, 5) is 28.2. The van der Waals surface area contributed by atoms with Gasteiger partial charge in [-0.05, 0) is 48.7 Å². The van der Waals surface area contributed by atoms with Crippen molar-refractivity contribution >= 4 is 11.6 Å². The van der Waals surface area contributed by atoms with Crippen LogP contribution in [-0.4, -0.2) is 46.8 Å². The third-order valence-corrected chi connectivity index (χ3v) is 6.03. The molecule has 34 heavy (non-hydrogen) atoms. The highest BCUT2D eigenvalue weighted by Crippen LogP contribution is 2.28. The summed E-state index contributed by atoms with van der Waals surface area (Å²) in [5.41, 5.74) is 4.68. The Morgan fingerprint density at radius 2 is 1.62 bits per heavy atom. The Kier molecular flexibility index (Phi) is 7.23. The highest BCUT2D eigenvalue weighted by atomic mass is 16.6. The van der Waals surface area contributed by atoms with E-state index >= 15 is 0 Å². The molecule has 0 radical (unpaired) electrons. The van der Waals surface area contributed by atoms with Gasteiger partial charge in [0, 0.05) is 44.4 Å². The number of ether oxygens (including phenoxy) is 1. The lowest BCUT2D eigenvalue weighted by Crippen LogP contribution is -2.48. The van der Waals surface area contributed by atoms with Gasteiger partial charge in [-0.15, -0.1) is 0 Å². The maximum Gasteiger partial charge on any atom is 0.311 e. The Labute approximate surface area is 199 Å². The SMILES string of the molecule is Cc1cccc(CN2CCN(C(=O)c3cccc(COc4ccc(C)cc4[N+](=O)[O-])c3)CC2)c1. The number of hydrogen-bond acceptors (Lipinski definition) is 5. The molecule has 1 amide bonds. The molecule has 1 aliphatic heterocycles. The number of hydrogen-bond donors (Lipinski definition) is 0. The van der Waals surface area contributed by atoms with E-state index in [0.717, 1.165) is 30.8 Å². The lowest BCUT2D eigenvalue weighted by atomic mass is 10.1. The van der Waals surface area contributed by atoms with Crippen LogP contribution < -0.4 is 4.74 Å². The molecule has 3 aromatic carbocycles. The topological polar surface area (TPSA) is 75.9 Å². The Bertz CT molecular complexity index is 1190. The number of benzene rings is 3. The van der Waals surface area contributed by atoms with Crippen LogP contribution in [0.2, 0.25) is 0 Å². The second kappa shape index (κ2) is 10.5. The van der Waals surface area contributed by atoms with Crippen LogP contribution in [-0.2, 0) is 13.2 Å². The molecule has 3 aromatic rings. The number of piperazine rings is 1. The minimum absolute atomic E-state index is 0.00151. The summed E-state index contributed by atoms with van der Waals surface area (Å²) in [5.74, 6) is 0.218. The fourth-order valence-corrected chi connectivity index (χ4v) is 4.21. The highest BCUT2D eigenvalue weighted by molar-refractivity contribution is 5.94. The summed E-state index contributed by atoms with van der Waals surface area (Å²) >= 11 is 0. The molecule has 176 valence electrons. The summed E-state index contributed by atoms with van der Waals surface area (Å²) in [7, 11) is 0. The molecule has 0 aliphatic carbocycles. The summed E-state index contributed by atoms with van der Waals surface area (Å²) in [5, 5.41) is 11.3. The lowest BCUT2D eigenvalue weighted by Gasteiger charge is -2.35. The van der Waals surface area contributed by atoms with Crippen LogP contribution >= 0.6 is 0 Å². The van der Waals surface area contributed by atoms with Crippen LogP contribution in [0, 0.1) is 24.0 Å². The largest absolute Gasteiger partial charge is 0.482 e. The molecule has 4 rings (SSSR count). The number of nitrogens with zero attached hydrogens (tertiary/aromatic N) is 3. The average Bonchev–Trinajstić information content (AvgIpc) is 2.83. The predicted molar refractivity (Wildman–Crippen MR) is 131 cm³/mol. The highest BCUT2D eigenvalue weighted by Gasteiger charge is 2.22. The van der Waals surface area contributed by atoms with E-state index < -0.39 is 4.92 Å². The van der Waals surface area contributed by atoms with Gasteiger partial charge in [-0.3, -0.25) is 19.8 Å². The third-order valence-electron chi connectivity index (χ3n) is 6.03. The smallest absolute Gasteiger partial charge is 0.311 e. The zero-order chi connectivity index (χ0) is 24.1. The van der Waals surface area contributed by atoms with Crippen molar-refractivity contribution in [2.45, 2.75) is 27.0 Å². The first-order chi connectivity index (χ1) is 16.4. The molecule has 0 atom stereocenters. The molecular formula is C27H29N3O4. The van der Waals surface area contributed by atoms with Gasteiger partial charge in [-0.1, -0.05) is 48.0 Å². The maximum absolute atomic E-state index is 13.1. The van der Waals surface area contributed by atoms with Crippen molar-refractivity contribution in [1.29, 1.82) is 0 Å². The van der Waals surface area contributed by atoms with Gasteiger partial charge in [0.05, 0.1) is 4.92 Å². The zero-order valence-electron chi connectivity index (χ0n) is 19.6. The minimum atomic E-state index is -0.444. The number of aryl methyl sites for hydroxylation is 2. The Morgan fingerprint density at radius 3 is 2.35 bits per heavy atom. The second-order valence-electron chi connectivity index (χ2n) is 8.77. The van der Waals surface area contributed by atoms with E-state index in [1.807, 2.05) is 23.1 Å². The fourth-order valence-electron chi connectivity index (χ4n) is 4.21. The van der Waals surface area contributed by atoms with Crippen molar-refractivity contribution in [2.75, 3.05) is 26.2 Å². The van der Waals surface area contributed by atoms with Gasteiger partial charge in [0.15, 0.2) is 5.75 Å². The Morgan fingerprint density at radius 1 is 0.912 bits per heavy atom. The quantitative estimate of drug-likeness (QED) is 0.377. The summed E-state index contributed by atoms with van der Waals surface area (Å²) in [6.45, 7) is 7.97. The van der Waals surface area contributed by atoms with Crippen molar-refractivity contribution in [2.24, 2.45) is 0 Å². The van der Waals surface area contributed by atoms with E-state index in [9.17, 15) is 14.9 Å². The van der Waals surface area contributed by atoms with Crippen LogP contribution in [0.3, 0.4) is 0 Å². The van der Waals surface area contributed by atoms with E-state index in [1.165, 1.54) is 17.2 Å². The lowest BCUT2D eigenvalue weighted by molar-refractivity contribution is -0.386. The number of carbonyl (C=O) groups is 1. The summed E-state index contributed by atoms with van der Waals surface area (Å²) < 4.78 is 5.73. The normalized spacial score (nSPS) is 14.1. The van der Waals surface area contributed by atoms with E-state index in [-0.39, 0.29) is 24.0 Å². The van der Waals surface area contributed by atoms with Gasteiger partial charge < -0.3 is 9.64 Å². The van der Waals surface area contributed by atoms with E-state index in [1.54, 1.807) is 25.1 Å². The molecule has 0 spiro atoms. The minimum Gasteiger partial charge on any atom is -0.482 e. The molecule has 1 aliphatic rings. The summed E-state index contributed by atoms with van der Waals surface area (Å²) in [6.07, 6.45) is 0. The van der Waals surface area contributed by atoms with E-state index in [0.29, 0.717) is 18.7 Å². The van der Waals surface area contributed by atoms with Crippen LogP contribution in [0.25, 0.3) is 0 Å². The molecule has 0 N–H and O–H groups in total. The van der Waals surface area contributed by atoms with E-state index in [2.05, 4.69) is 36.1 Å². The second-order valence-corrected chi connectivity index (χ2v) is 8.77. The number of carbonyl (C=O) groups excluding carboxylic acids is 1. The van der Waals surface area contributed by atoms with Crippen LogP contribution in [0.1, 0.15) is 32.6 Å². The monoisotopic (exact) mass is 459 g/mol. The molecule has 1 heterocycles. The van der Waals surface area contributed by atoms with Crippen LogP contribution in [0.5, 0.6) is 5.75 Å². The first-order valence-corrected chi connectivity index (χ1v) is 11.4. The molecule has 0 bridgehead atoms. The number of rotatable bonds is 7.